The van der Waals surface area contributed by atoms with Crippen molar-refractivity contribution in [1.82, 2.24) is 4.90 Å². The molecule has 1 saturated heterocycles. The summed E-state index contributed by atoms with van der Waals surface area (Å²) in [4.78, 5) is 27.0. The van der Waals surface area contributed by atoms with Crippen molar-refractivity contribution in [2.75, 3.05) is 37.4 Å². The molecule has 2 aromatic carbocycles. The molecule has 29 heavy (non-hydrogen) atoms. The van der Waals surface area contributed by atoms with E-state index in [0.717, 1.165) is 18.8 Å². The standard InChI is InChI=1S/C23H29N3O3/c1-16-12-17(2)14-26(13-16)15-22(27)24-19-6-4-18(5-7-19)23(28)25-20-8-10-21(29-3)11-9-20/h4-11,16-17H,12-15H2,1-3H3,(H,24,27)(H,25,28)/t16-,17+. The van der Waals surface area contributed by atoms with Crippen molar-refractivity contribution in [2.24, 2.45) is 11.8 Å². The molecule has 0 bridgehead atoms. The molecular formula is C23H29N3O3. The average Bonchev–Trinajstić information content (AvgIpc) is 2.68. The van der Waals surface area contributed by atoms with Crippen molar-refractivity contribution in [3.8, 4) is 5.75 Å². The zero-order chi connectivity index (χ0) is 20.8. The van der Waals surface area contributed by atoms with Crippen molar-refractivity contribution in [3.63, 3.8) is 0 Å². The van der Waals surface area contributed by atoms with Gasteiger partial charge in [0, 0.05) is 30.0 Å². The van der Waals surface area contributed by atoms with Crippen LogP contribution < -0.4 is 15.4 Å². The van der Waals surface area contributed by atoms with Gasteiger partial charge in [-0.15, -0.1) is 0 Å². The highest BCUT2D eigenvalue weighted by atomic mass is 16.5. The highest BCUT2D eigenvalue weighted by molar-refractivity contribution is 6.04. The fourth-order valence-corrected chi connectivity index (χ4v) is 3.91. The van der Waals surface area contributed by atoms with Crippen LogP contribution in [0.25, 0.3) is 0 Å². The molecule has 1 fully saturated rings. The van der Waals surface area contributed by atoms with Crippen LogP contribution in [0.5, 0.6) is 5.75 Å². The maximum absolute atomic E-state index is 12.4. The number of carbonyl (C=O) groups excluding carboxylic acids is 2. The minimum atomic E-state index is -0.204. The first kappa shape index (κ1) is 20.9. The summed E-state index contributed by atoms with van der Waals surface area (Å²) in [5, 5.41) is 5.76. The summed E-state index contributed by atoms with van der Waals surface area (Å²) in [5.41, 5.74) is 1.91. The van der Waals surface area contributed by atoms with Gasteiger partial charge in [0.05, 0.1) is 13.7 Å². The van der Waals surface area contributed by atoms with Crippen molar-refractivity contribution in [1.29, 1.82) is 0 Å². The summed E-state index contributed by atoms with van der Waals surface area (Å²) in [6.45, 7) is 6.78. The number of hydrogen-bond donors (Lipinski definition) is 2. The molecule has 0 saturated carbocycles. The second-order valence-corrected chi connectivity index (χ2v) is 7.95. The maximum atomic E-state index is 12.4. The van der Waals surface area contributed by atoms with E-state index in [4.69, 9.17) is 4.74 Å². The van der Waals surface area contributed by atoms with Crippen LogP contribution in [0.1, 0.15) is 30.6 Å². The Labute approximate surface area is 172 Å². The Morgan fingerprint density at radius 3 is 2.07 bits per heavy atom. The molecule has 0 unspecified atom stereocenters. The summed E-state index contributed by atoms with van der Waals surface area (Å²) >= 11 is 0. The van der Waals surface area contributed by atoms with Crippen LogP contribution in [0.4, 0.5) is 11.4 Å². The minimum absolute atomic E-state index is 0.0262. The number of amides is 2. The predicted molar refractivity (Wildman–Crippen MR) is 115 cm³/mol. The molecule has 0 spiro atoms. The number of hydrogen-bond acceptors (Lipinski definition) is 4. The van der Waals surface area contributed by atoms with Gasteiger partial charge in [0.25, 0.3) is 5.91 Å². The van der Waals surface area contributed by atoms with E-state index in [1.54, 1.807) is 55.6 Å². The van der Waals surface area contributed by atoms with Crippen LogP contribution in [0.15, 0.2) is 48.5 Å². The Hall–Kier alpha value is -2.86. The Morgan fingerprint density at radius 2 is 1.48 bits per heavy atom. The topological polar surface area (TPSA) is 70.7 Å². The predicted octanol–water partition coefficient (Wildman–Crippen LogP) is 3.86. The molecule has 3 rings (SSSR count). The molecule has 2 amide bonds. The zero-order valence-corrected chi connectivity index (χ0v) is 17.3. The van der Waals surface area contributed by atoms with E-state index in [2.05, 4.69) is 29.4 Å². The van der Waals surface area contributed by atoms with Gasteiger partial charge in [-0.2, -0.15) is 0 Å². The summed E-state index contributed by atoms with van der Waals surface area (Å²) < 4.78 is 5.11. The fourth-order valence-electron chi connectivity index (χ4n) is 3.91. The number of likely N-dealkylation sites (tertiary alicyclic amines) is 1. The lowest BCUT2D eigenvalue weighted by Gasteiger charge is -2.34. The van der Waals surface area contributed by atoms with Gasteiger partial charge in [0.1, 0.15) is 5.75 Å². The number of piperidine rings is 1. The zero-order valence-electron chi connectivity index (χ0n) is 17.3. The van der Waals surface area contributed by atoms with E-state index in [1.807, 2.05) is 0 Å². The van der Waals surface area contributed by atoms with Gasteiger partial charge in [-0.3, -0.25) is 14.5 Å². The number of carbonyl (C=O) groups is 2. The summed E-state index contributed by atoms with van der Waals surface area (Å²) in [6.07, 6.45) is 1.22. The van der Waals surface area contributed by atoms with Gasteiger partial charge in [0.15, 0.2) is 0 Å². The fraction of sp³-hybridized carbons (Fsp3) is 0.391. The smallest absolute Gasteiger partial charge is 0.255 e. The maximum Gasteiger partial charge on any atom is 0.255 e. The Morgan fingerprint density at radius 1 is 0.931 bits per heavy atom. The molecule has 6 heteroatoms. The first-order valence-electron chi connectivity index (χ1n) is 10.0. The molecule has 0 radical (unpaired) electrons. The highest BCUT2D eigenvalue weighted by Crippen LogP contribution is 2.21. The molecule has 2 aromatic rings. The first-order chi connectivity index (χ1) is 13.9. The van der Waals surface area contributed by atoms with Crippen LogP contribution in [0, 0.1) is 11.8 Å². The summed E-state index contributed by atoms with van der Waals surface area (Å²) in [5.74, 6) is 1.74. The summed E-state index contributed by atoms with van der Waals surface area (Å²) in [6, 6.07) is 14.1. The first-order valence-corrected chi connectivity index (χ1v) is 10.0. The third-order valence-electron chi connectivity index (χ3n) is 5.09. The van der Waals surface area contributed by atoms with Gasteiger partial charge in [-0.25, -0.2) is 0 Å². The summed E-state index contributed by atoms with van der Waals surface area (Å²) in [7, 11) is 1.60. The van der Waals surface area contributed by atoms with E-state index >= 15 is 0 Å². The quantitative estimate of drug-likeness (QED) is 0.779. The van der Waals surface area contributed by atoms with Crippen molar-refractivity contribution < 1.29 is 14.3 Å². The van der Waals surface area contributed by atoms with E-state index < -0.39 is 0 Å². The largest absolute Gasteiger partial charge is 0.497 e. The van der Waals surface area contributed by atoms with Gasteiger partial charge < -0.3 is 15.4 Å². The van der Waals surface area contributed by atoms with Gasteiger partial charge in [-0.1, -0.05) is 13.8 Å². The van der Waals surface area contributed by atoms with Gasteiger partial charge in [-0.05, 0) is 66.8 Å². The normalized spacial score (nSPS) is 19.4. The third kappa shape index (κ3) is 6.06. The number of benzene rings is 2. The molecule has 2 N–H and O–H groups in total. The van der Waals surface area contributed by atoms with E-state index in [9.17, 15) is 9.59 Å². The second kappa shape index (κ2) is 9.56. The Kier molecular flexibility index (Phi) is 6.88. The van der Waals surface area contributed by atoms with Gasteiger partial charge >= 0.3 is 0 Å². The van der Waals surface area contributed by atoms with Crippen LogP contribution in [0.2, 0.25) is 0 Å². The van der Waals surface area contributed by atoms with E-state index in [-0.39, 0.29) is 11.8 Å². The van der Waals surface area contributed by atoms with Crippen LogP contribution in [0.3, 0.4) is 0 Å². The van der Waals surface area contributed by atoms with Crippen LogP contribution in [-0.2, 0) is 4.79 Å². The van der Waals surface area contributed by atoms with Gasteiger partial charge in [0.2, 0.25) is 5.91 Å². The molecule has 1 aliphatic rings. The van der Waals surface area contributed by atoms with Crippen molar-refractivity contribution in [3.05, 3.63) is 54.1 Å². The number of methoxy groups -OCH3 is 1. The molecule has 154 valence electrons. The lowest BCUT2D eigenvalue weighted by Crippen LogP contribution is -2.42. The number of anilines is 2. The number of rotatable bonds is 6. The molecule has 0 aliphatic carbocycles. The lowest BCUT2D eigenvalue weighted by molar-refractivity contribution is -0.117. The average molecular weight is 396 g/mol. The molecular weight excluding hydrogens is 366 g/mol. The molecule has 1 heterocycles. The Balaban J connectivity index is 1.52. The van der Waals surface area contributed by atoms with E-state index in [0.29, 0.717) is 35.3 Å². The van der Waals surface area contributed by atoms with Crippen molar-refractivity contribution >= 4 is 23.2 Å². The lowest BCUT2D eigenvalue weighted by atomic mass is 9.92. The monoisotopic (exact) mass is 395 g/mol. The van der Waals surface area contributed by atoms with Crippen molar-refractivity contribution in [2.45, 2.75) is 20.3 Å². The third-order valence-corrected chi connectivity index (χ3v) is 5.09. The SMILES string of the molecule is COc1ccc(NC(=O)c2ccc(NC(=O)CN3C[C@H](C)C[C@H](C)C3)cc2)cc1. The molecule has 1 aliphatic heterocycles. The number of nitrogens with zero attached hydrogens (tertiary/aromatic N) is 1. The van der Waals surface area contributed by atoms with E-state index in [1.165, 1.54) is 6.42 Å². The minimum Gasteiger partial charge on any atom is -0.497 e. The highest BCUT2D eigenvalue weighted by Gasteiger charge is 2.23. The van der Waals surface area contributed by atoms with Crippen LogP contribution in [-0.4, -0.2) is 43.5 Å². The number of nitrogens with one attached hydrogen (secondary N) is 2. The molecule has 6 nitrogen and oxygen atoms in total. The molecule has 2 atom stereocenters. The molecule has 0 aromatic heterocycles. The number of ether oxygens (including phenoxy) is 1. The van der Waals surface area contributed by atoms with Crippen LogP contribution >= 0.6 is 0 Å². The second-order valence-electron chi connectivity index (χ2n) is 7.95. The Bertz CT molecular complexity index is 823.